The van der Waals surface area contributed by atoms with Gasteiger partial charge in [-0.05, 0) is 69.9 Å². The first-order valence-electron chi connectivity index (χ1n) is 9.24. The zero-order valence-corrected chi connectivity index (χ0v) is 15.1. The van der Waals surface area contributed by atoms with Crippen molar-refractivity contribution >= 4 is 11.6 Å². The second kappa shape index (κ2) is 7.61. The van der Waals surface area contributed by atoms with Crippen LogP contribution in [0.4, 0.5) is 0 Å². The van der Waals surface area contributed by atoms with Gasteiger partial charge in [-0.3, -0.25) is 4.90 Å². The molecule has 0 spiro atoms. The third-order valence-electron chi connectivity index (χ3n) is 5.57. The van der Waals surface area contributed by atoms with E-state index in [0.717, 1.165) is 28.8 Å². The van der Waals surface area contributed by atoms with Crippen LogP contribution in [-0.4, -0.2) is 49.3 Å². The Morgan fingerprint density at radius 1 is 1.04 bits per heavy atom. The highest BCUT2D eigenvalue weighted by Gasteiger charge is 2.24. The smallest absolute Gasteiger partial charge is 0.189 e. The summed E-state index contributed by atoms with van der Waals surface area (Å²) >= 11 is 6.28. The van der Waals surface area contributed by atoms with Crippen molar-refractivity contribution in [3.05, 3.63) is 28.3 Å². The molecule has 0 atom stereocenters. The third kappa shape index (κ3) is 3.88. The van der Waals surface area contributed by atoms with E-state index in [-0.39, 0.29) is 0 Å². The van der Waals surface area contributed by atoms with Gasteiger partial charge in [-0.1, -0.05) is 11.6 Å². The van der Waals surface area contributed by atoms with E-state index in [1.807, 2.05) is 6.07 Å². The molecule has 0 amide bonds. The molecule has 2 saturated heterocycles. The molecule has 0 radical (unpaired) electrons. The minimum Gasteiger partial charge on any atom is -0.467 e. The lowest BCUT2D eigenvalue weighted by molar-refractivity contribution is -0.0175. The fourth-order valence-electron chi connectivity index (χ4n) is 4.27. The maximum Gasteiger partial charge on any atom is 0.189 e. The van der Waals surface area contributed by atoms with Crippen LogP contribution < -0.4 is 4.74 Å². The van der Waals surface area contributed by atoms with Crippen LogP contribution in [0.25, 0.3) is 0 Å². The van der Waals surface area contributed by atoms with Crippen molar-refractivity contribution in [2.45, 2.75) is 38.8 Å². The molecule has 132 valence electrons. The van der Waals surface area contributed by atoms with Gasteiger partial charge in [0.2, 0.25) is 0 Å². The van der Waals surface area contributed by atoms with Crippen LogP contribution in [0.5, 0.6) is 5.75 Å². The number of ether oxygens (including phenoxy) is 2. The Bertz CT molecular complexity index is 567. The maximum atomic E-state index is 6.28. The van der Waals surface area contributed by atoms with E-state index in [0.29, 0.717) is 13.4 Å². The molecule has 4 rings (SSSR count). The Morgan fingerprint density at radius 2 is 1.83 bits per heavy atom. The highest BCUT2D eigenvalue weighted by atomic mass is 35.5. The number of hydrogen-bond acceptors (Lipinski definition) is 4. The largest absolute Gasteiger partial charge is 0.467 e. The van der Waals surface area contributed by atoms with Gasteiger partial charge in [0, 0.05) is 29.2 Å². The highest BCUT2D eigenvalue weighted by molar-refractivity contribution is 6.30. The molecule has 3 aliphatic rings. The van der Waals surface area contributed by atoms with Crippen molar-refractivity contribution in [1.29, 1.82) is 0 Å². The van der Waals surface area contributed by atoms with E-state index in [1.165, 1.54) is 64.0 Å². The number of likely N-dealkylation sites (tertiary alicyclic amines) is 2. The van der Waals surface area contributed by atoms with Gasteiger partial charge in [0.1, 0.15) is 5.75 Å². The lowest BCUT2D eigenvalue weighted by Gasteiger charge is -2.34. The first kappa shape index (κ1) is 16.6. The molecule has 0 bridgehead atoms. The zero-order valence-electron chi connectivity index (χ0n) is 14.3. The molecule has 3 aliphatic heterocycles. The van der Waals surface area contributed by atoms with Gasteiger partial charge >= 0.3 is 0 Å². The Balaban J connectivity index is 1.34. The monoisotopic (exact) mass is 350 g/mol. The molecule has 1 aromatic carbocycles. The van der Waals surface area contributed by atoms with Crippen LogP contribution in [0.2, 0.25) is 5.02 Å². The van der Waals surface area contributed by atoms with Crippen LogP contribution in [0.1, 0.15) is 36.8 Å². The number of rotatable bonds is 4. The summed E-state index contributed by atoms with van der Waals surface area (Å²) in [7, 11) is 0. The van der Waals surface area contributed by atoms with Crippen LogP contribution in [-0.2, 0) is 17.9 Å². The van der Waals surface area contributed by atoms with Crippen molar-refractivity contribution in [1.82, 2.24) is 9.80 Å². The molecule has 3 heterocycles. The second-order valence-electron chi connectivity index (χ2n) is 7.39. The third-order valence-corrected chi connectivity index (χ3v) is 5.79. The molecule has 0 aliphatic carbocycles. The number of piperidine rings is 1. The lowest BCUT2D eigenvalue weighted by Crippen LogP contribution is -2.37. The Kier molecular flexibility index (Phi) is 5.28. The van der Waals surface area contributed by atoms with E-state index in [9.17, 15) is 0 Å². The summed E-state index contributed by atoms with van der Waals surface area (Å²) in [6.45, 7) is 8.16. The Labute approximate surface area is 149 Å². The molecule has 0 aromatic heterocycles. The van der Waals surface area contributed by atoms with Crippen molar-refractivity contribution in [3.8, 4) is 5.75 Å². The van der Waals surface area contributed by atoms with E-state index in [2.05, 4.69) is 15.9 Å². The summed E-state index contributed by atoms with van der Waals surface area (Å²) < 4.78 is 11.1. The lowest BCUT2D eigenvalue weighted by atomic mass is 9.95. The first-order valence-corrected chi connectivity index (χ1v) is 9.62. The van der Waals surface area contributed by atoms with Gasteiger partial charge in [-0.15, -0.1) is 0 Å². The van der Waals surface area contributed by atoms with Gasteiger partial charge < -0.3 is 14.4 Å². The summed E-state index contributed by atoms with van der Waals surface area (Å²) in [4.78, 5) is 5.20. The number of nitrogens with zero attached hydrogens (tertiary/aromatic N) is 2. The maximum absolute atomic E-state index is 6.28. The number of fused-ring (bicyclic) bond motifs is 1. The second-order valence-corrected chi connectivity index (χ2v) is 7.83. The molecule has 2 fully saturated rings. The number of hydrogen-bond donors (Lipinski definition) is 0. The van der Waals surface area contributed by atoms with Crippen LogP contribution >= 0.6 is 11.6 Å². The summed E-state index contributed by atoms with van der Waals surface area (Å²) in [5, 5.41) is 0.779. The Morgan fingerprint density at radius 3 is 2.62 bits per heavy atom. The predicted octanol–water partition coefficient (Wildman–Crippen LogP) is 3.51. The Hall–Kier alpha value is -0.810. The molecule has 24 heavy (non-hydrogen) atoms. The summed E-state index contributed by atoms with van der Waals surface area (Å²) in [5.41, 5.74) is 2.28. The molecular weight excluding hydrogens is 324 g/mol. The van der Waals surface area contributed by atoms with Crippen molar-refractivity contribution in [2.75, 3.05) is 39.5 Å². The van der Waals surface area contributed by atoms with Gasteiger partial charge in [0.25, 0.3) is 0 Å². The highest BCUT2D eigenvalue weighted by Crippen LogP contribution is 2.33. The van der Waals surface area contributed by atoms with E-state index in [4.69, 9.17) is 21.1 Å². The first-order chi connectivity index (χ1) is 11.8. The molecular formula is C19H27ClN2O2. The summed E-state index contributed by atoms with van der Waals surface area (Å²) in [6, 6.07) is 4.02. The van der Waals surface area contributed by atoms with E-state index >= 15 is 0 Å². The normalized spacial score (nSPS) is 23.2. The molecule has 4 nitrogen and oxygen atoms in total. The fourth-order valence-corrected chi connectivity index (χ4v) is 4.54. The van der Waals surface area contributed by atoms with Crippen molar-refractivity contribution in [3.63, 3.8) is 0 Å². The molecule has 0 unspecified atom stereocenters. The average Bonchev–Trinajstić information content (AvgIpc) is 3.09. The fraction of sp³-hybridized carbons (Fsp3) is 0.684. The molecule has 1 aromatic rings. The van der Waals surface area contributed by atoms with Crippen molar-refractivity contribution in [2.24, 2.45) is 5.92 Å². The number of halogens is 1. The van der Waals surface area contributed by atoms with E-state index in [1.54, 1.807) is 0 Å². The predicted molar refractivity (Wildman–Crippen MR) is 95.4 cm³/mol. The van der Waals surface area contributed by atoms with Crippen LogP contribution in [0, 0.1) is 5.92 Å². The molecule has 0 saturated carbocycles. The minimum absolute atomic E-state index is 0.347. The van der Waals surface area contributed by atoms with Gasteiger partial charge in [-0.25, -0.2) is 0 Å². The quantitative estimate of drug-likeness (QED) is 0.829. The van der Waals surface area contributed by atoms with Gasteiger partial charge in [0.15, 0.2) is 6.79 Å². The van der Waals surface area contributed by atoms with Gasteiger partial charge in [-0.2, -0.15) is 0 Å². The summed E-state index contributed by atoms with van der Waals surface area (Å²) in [6.07, 6.45) is 5.40. The van der Waals surface area contributed by atoms with Gasteiger partial charge in [0.05, 0.1) is 6.61 Å². The zero-order chi connectivity index (χ0) is 16.4. The van der Waals surface area contributed by atoms with E-state index < -0.39 is 0 Å². The minimum atomic E-state index is 0.347. The van der Waals surface area contributed by atoms with Crippen LogP contribution in [0.3, 0.4) is 0 Å². The molecule has 5 heteroatoms. The molecule has 0 N–H and O–H groups in total. The average molecular weight is 351 g/mol. The number of benzene rings is 1. The SMILES string of the molecule is Clc1cc2c(c(CN3CCC(CN4CCCC4)CC3)c1)OCOC2. The topological polar surface area (TPSA) is 24.9 Å². The van der Waals surface area contributed by atoms with Crippen LogP contribution in [0.15, 0.2) is 12.1 Å². The summed E-state index contributed by atoms with van der Waals surface area (Å²) in [5.74, 6) is 1.86. The van der Waals surface area contributed by atoms with Crippen molar-refractivity contribution < 1.29 is 9.47 Å². The standard InChI is InChI=1S/C19H27ClN2O2/c20-18-9-16(19-17(10-18)13-23-14-24-19)12-22-7-3-15(4-8-22)11-21-5-1-2-6-21/h9-10,15H,1-8,11-14H2.